The predicted octanol–water partition coefficient (Wildman–Crippen LogP) is 3.78. The van der Waals surface area contributed by atoms with Gasteiger partial charge in [-0.3, -0.25) is 0 Å². The lowest BCUT2D eigenvalue weighted by Gasteiger charge is -2.06. The molecular formula is C14H12N4OS. The maximum absolute atomic E-state index is 5.65. The van der Waals surface area contributed by atoms with Crippen LogP contribution in [-0.2, 0) is 0 Å². The van der Waals surface area contributed by atoms with Crippen molar-refractivity contribution in [1.29, 1.82) is 0 Å². The second-order valence-corrected chi connectivity index (χ2v) is 4.93. The maximum atomic E-state index is 5.65. The summed E-state index contributed by atoms with van der Waals surface area (Å²) in [5, 5.41) is 5.90. The van der Waals surface area contributed by atoms with Crippen LogP contribution in [0.25, 0.3) is 0 Å². The van der Waals surface area contributed by atoms with Gasteiger partial charge in [-0.2, -0.15) is 0 Å². The van der Waals surface area contributed by atoms with Crippen molar-refractivity contribution in [2.24, 2.45) is 0 Å². The summed E-state index contributed by atoms with van der Waals surface area (Å²) in [7, 11) is 0. The Kier molecular flexibility index (Phi) is 3.56. The van der Waals surface area contributed by atoms with Crippen molar-refractivity contribution < 1.29 is 4.74 Å². The van der Waals surface area contributed by atoms with Crippen LogP contribution in [0.5, 0.6) is 11.6 Å². The molecule has 0 aliphatic carbocycles. The third-order valence-electron chi connectivity index (χ3n) is 2.46. The fourth-order valence-electron chi connectivity index (χ4n) is 1.59. The third-order valence-corrected chi connectivity index (χ3v) is 3.34. The molecule has 2 aromatic heterocycles. The van der Waals surface area contributed by atoms with E-state index in [1.165, 1.54) is 17.7 Å². The second kappa shape index (κ2) is 5.66. The minimum absolute atomic E-state index is 0.488. The number of hydrogen-bond acceptors (Lipinski definition) is 6. The molecule has 0 bridgehead atoms. The molecule has 100 valence electrons. The first kappa shape index (κ1) is 12.6. The molecule has 0 atom stereocenters. The number of para-hydroxylation sites is 1. The van der Waals surface area contributed by atoms with Gasteiger partial charge < -0.3 is 10.1 Å². The molecule has 0 fully saturated rings. The van der Waals surface area contributed by atoms with E-state index in [0.717, 1.165) is 16.6 Å². The lowest BCUT2D eigenvalue weighted by atomic mass is 10.3. The number of anilines is 2. The molecule has 20 heavy (non-hydrogen) atoms. The molecule has 0 saturated carbocycles. The van der Waals surface area contributed by atoms with E-state index < -0.39 is 0 Å². The lowest BCUT2D eigenvalue weighted by Crippen LogP contribution is -1.95. The topological polar surface area (TPSA) is 59.9 Å². The van der Waals surface area contributed by atoms with Gasteiger partial charge in [0.05, 0.1) is 5.69 Å². The van der Waals surface area contributed by atoms with Crippen LogP contribution >= 0.6 is 11.3 Å². The number of ether oxygens (including phenoxy) is 1. The fourth-order valence-corrected chi connectivity index (χ4v) is 2.29. The van der Waals surface area contributed by atoms with Crippen LogP contribution < -0.4 is 10.1 Å². The van der Waals surface area contributed by atoms with Gasteiger partial charge in [0, 0.05) is 11.4 Å². The smallest absolute Gasteiger partial charge is 0.224 e. The van der Waals surface area contributed by atoms with Gasteiger partial charge in [-0.15, -0.1) is 11.3 Å². The summed E-state index contributed by atoms with van der Waals surface area (Å²) in [4.78, 5) is 12.6. The van der Waals surface area contributed by atoms with Crippen LogP contribution in [0.3, 0.4) is 0 Å². The molecule has 0 amide bonds. The number of aryl methyl sites for hydroxylation is 1. The first-order chi connectivity index (χ1) is 9.79. The normalized spacial score (nSPS) is 10.2. The minimum atomic E-state index is 0.488. The molecule has 3 rings (SSSR count). The van der Waals surface area contributed by atoms with E-state index in [0.29, 0.717) is 11.7 Å². The van der Waals surface area contributed by atoms with E-state index in [1.54, 1.807) is 6.07 Å². The van der Waals surface area contributed by atoms with Gasteiger partial charge in [0.15, 0.2) is 5.13 Å². The predicted molar refractivity (Wildman–Crippen MR) is 78.7 cm³/mol. The van der Waals surface area contributed by atoms with Gasteiger partial charge in [0.1, 0.15) is 17.9 Å². The van der Waals surface area contributed by atoms with Gasteiger partial charge in [-0.25, -0.2) is 15.0 Å². The van der Waals surface area contributed by atoms with Gasteiger partial charge in [-0.1, -0.05) is 18.2 Å². The zero-order valence-electron chi connectivity index (χ0n) is 10.8. The van der Waals surface area contributed by atoms with Crippen LogP contribution in [0.15, 0.2) is 48.1 Å². The van der Waals surface area contributed by atoms with Crippen molar-refractivity contribution in [3.8, 4) is 11.6 Å². The molecule has 0 radical (unpaired) electrons. The number of aromatic nitrogens is 3. The molecule has 1 N–H and O–H groups in total. The highest BCUT2D eigenvalue weighted by atomic mass is 32.1. The summed E-state index contributed by atoms with van der Waals surface area (Å²) >= 11 is 1.53. The highest BCUT2D eigenvalue weighted by Gasteiger charge is 2.04. The van der Waals surface area contributed by atoms with Crippen LogP contribution in [0.2, 0.25) is 0 Å². The fraction of sp³-hybridized carbons (Fsp3) is 0.0714. The van der Waals surface area contributed by atoms with Crippen molar-refractivity contribution >= 4 is 22.3 Å². The first-order valence-corrected chi connectivity index (χ1v) is 6.92. The summed E-state index contributed by atoms with van der Waals surface area (Å²) in [5.74, 6) is 1.88. The van der Waals surface area contributed by atoms with E-state index in [-0.39, 0.29) is 0 Å². The number of hydrogen-bond donors (Lipinski definition) is 1. The number of nitrogens with zero attached hydrogens (tertiary/aromatic N) is 3. The van der Waals surface area contributed by atoms with Gasteiger partial charge in [-0.05, 0) is 19.1 Å². The molecule has 2 heterocycles. The minimum Gasteiger partial charge on any atom is -0.439 e. The molecule has 0 spiro atoms. The SMILES string of the molecule is Cc1csc(Nc2cc(Oc3ccccc3)ncn2)n1. The van der Waals surface area contributed by atoms with Gasteiger partial charge >= 0.3 is 0 Å². The van der Waals surface area contributed by atoms with Gasteiger partial charge in [0.2, 0.25) is 5.88 Å². The standard InChI is InChI=1S/C14H12N4OS/c1-10-8-20-14(17-10)18-12-7-13(16-9-15-12)19-11-5-3-2-4-6-11/h2-9H,1H3,(H,15,16,17,18). The summed E-state index contributed by atoms with van der Waals surface area (Å²) in [6, 6.07) is 11.2. The molecule has 3 aromatic rings. The molecule has 0 saturated heterocycles. The van der Waals surface area contributed by atoms with Crippen LogP contribution in [0.1, 0.15) is 5.69 Å². The third kappa shape index (κ3) is 3.10. The lowest BCUT2D eigenvalue weighted by molar-refractivity contribution is 0.462. The Labute approximate surface area is 120 Å². The Hall–Kier alpha value is -2.47. The van der Waals surface area contributed by atoms with Crippen LogP contribution in [0.4, 0.5) is 10.9 Å². The largest absolute Gasteiger partial charge is 0.439 e. The van der Waals surface area contributed by atoms with Crippen molar-refractivity contribution in [2.45, 2.75) is 6.92 Å². The second-order valence-electron chi connectivity index (χ2n) is 4.08. The molecule has 0 unspecified atom stereocenters. The van der Waals surface area contributed by atoms with E-state index in [1.807, 2.05) is 42.6 Å². The molecule has 0 aliphatic rings. The summed E-state index contributed by atoms with van der Waals surface area (Å²) < 4.78 is 5.65. The summed E-state index contributed by atoms with van der Waals surface area (Å²) in [6.07, 6.45) is 1.46. The van der Waals surface area contributed by atoms with Gasteiger partial charge in [0.25, 0.3) is 0 Å². The van der Waals surface area contributed by atoms with Crippen molar-refractivity contribution in [1.82, 2.24) is 15.0 Å². The highest BCUT2D eigenvalue weighted by Crippen LogP contribution is 2.23. The average Bonchev–Trinajstić information content (AvgIpc) is 2.86. The Morgan fingerprint density at radius 1 is 1.15 bits per heavy atom. The Bertz CT molecular complexity index is 699. The molecule has 1 aromatic carbocycles. The highest BCUT2D eigenvalue weighted by molar-refractivity contribution is 7.13. The van der Waals surface area contributed by atoms with Crippen molar-refractivity contribution in [3.05, 3.63) is 53.8 Å². The number of thiazole rings is 1. The number of benzene rings is 1. The molecule has 0 aliphatic heterocycles. The molecule has 6 heteroatoms. The first-order valence-electron chi connectivity index (χ1n) is 6.04. The van der Waals surface area contributed by atoms with E-state index in [4.69, 9.17) is 4.74 Å². The molecule has 5 nitrogen and oxygen atoms in total. The Balaban J connectivity index is 1.76. The number of rotatable bonds is 4. The van der Waals surface area contributed by atoms with E-state index in [9.17, 15) is 0 Å². The van der Waals surface area contributed by atoms with Crippen LogP contribution in [0, 0.1) is 6.92 Å². The monoisotopic (exact) mass is 284 g/mol. The summed E-state index contributed by atoms with van der Waals surface area (Å²) in [5.41, 5.74) is 0.979. The molecular weight excluding hydrogens is 272 g/mol. The Morgan fingerprint density at radius 2 is 2.00 bits per heavy atom. The zero-order valence-corrected chi connectivity index (χ0v) is 11.6. The van der Waals surface area contributed by atoms with E-state index in [2.05, 4.69) is 20.3 Å². The Morgan fingerprint density at radius 3 is 2.75 bits per heavy atom. The van der Waals surface area contributed by atoms with Crippen molar-refractivity contribution in [3.63, 3.8) is 0 Å². The zero-order chi connectivity index (χ0) is 13.8. The quantitative estimate of drug-likeness (QED) is 0.790. The van der Waals surface area contributed by atoms with E-state index >= 15 is 0 Å². The number of nitrogens with one attached hydrogen (secondary N) is 1. The van der Waals surface area contributed by atoms with Crippen LogP contribution in [-0.4, -0.2) is 15.0 Å². The average molecular weight is 284 g/mol. The maximum Gasteiger partial charge on any atom is 0.224 e. The van der Waals surface area contributed by atoms with Crippen molar-refractivity contribution in [2.75, 3.05) is 5.32 Å². The summed E-state index contributed by atoms with van der Waals surface area (Å²) in [6.45, 7) is 1.95.